The van der Waals surface area contributed by atoms with Crippen molar-refractivity contribution in [1.82, 2.24) is 15.5 Å². The van der Waals surface area contributed by atoms with Crippen LogP contribution in [0.15, 0.2) is 23.2 Å². The molecule has 0 heterocycles. The number of aliphatic imine (C=N–C) groups is 1. The fraction of sp³-hybridized carbons (Fsp3) is 0.632. The molecule has 0 amide bonds. The Morgan fingerprint density at radius 3 is 2.62 bits per heavy atom. The molecular weight excluding hydrogens is 300 g/mol. The van der Waals surface area contributed by atoms with Crippen LogP contribution in [0.25, 0.3) is 0 Å². The van der Waals surface area contributed by atoms with Crippen molar-refractivity contribution < 1.29 is 4.74 Å². The standard InChI is InChI=1S/C19H34N4O/c1-7-16(3)23(5)13-12-22-19(20-4)21-11-10-17-9-8-15(2)18(14-17)24-6/h8-9,14,16H,7,10-13H2,1-6H3,(H2,20,21,22). The Labute approximate surface area is 147 Å². The second-order valence-electron chi connectivity index (χ2n) is 6.22. The van der Waals surface area contributed by atoms with Gasteiger partial charge in [0.25, 0.3) is 0 Å². The highest BCUT2D eigenvalue weighted by molar-refractivity contribution is 5.79. The summed E-state index contributed by atoms with van der Waals surface area (Å²) in [6, 6.07) is 6.97. The van der Waals surface area contributed by atoms with Crippen molar-refractivity contribution in [3.05, 3.63) is 29.3 Å². The molecule has 0 spiro atoms. The van der Waals surface area contributed by atoms with Gasteiger partial charge in [0.05, 0.1) is 7.11 Å². The van der Waals surface area contributed by atoms with Gasteiger partial charge in [-0.25, -0.2) is 0 Å². The number of nitrogens with one attached hydrogen (secondary N) is 2. The van der Waals surface area contributed by atoms with E-state index in [9.17, 15) is 0 Å². The number of methoxy groups -OCH3 is 1. The minimum absolute atomic E-state index is 0.610. The number of likely N-dealkylation sites (N-methyl/N-ethyl adjacent to an activating group) is 1. The fourth-order valence-electron chi connectivity index (χ4n) is 2.45. The first-order valence-corrected chi connectivity index (χ1v) is 8.80. The van der Waals surface area contributed by atoms with Gasteiger partial charge in [-0.05, 0) is 50.9 Å². The number of aryl methyl sites for hydroxylation is 1. The van der Waals surface area contributed by atoms with Gasteiger partial charge < -0.3 is 20.3 Å². The van der Waals surface area contributed by atoms with Gasteiger partial charge in [0.2, 0.25) is 0 Å². The maximum atomic E-state index is 5.38. The Morgan fingerprint density at radius 1 is 1.29 bits per heavy atom. The summed E-state index contributed by atoms with van der Waals surface area (Å²) in [6.45, 7) is 9.26. The number of hydrogen-bond donors (Lipinski definition) is 2. The minimum atomic E-state index is 0.610. The highest BCUT2D eigenvalue weighted by Crippen LogP contribution is 2.18. The molecule has 1 unspecified atom stereocenters. The van der Waals surface area contributed by atoms with E-state index in [1.54, 1.807) is 7.11 Å². The van der Waals surface area contributed by atoms with Crippen LogP contribution in [0.5, 0.6) is 5.75 Å². The average molecular weight is 335 g/mol. The summed E-state index contributed by atoms with van der Waals surface area (Å²) >= 11 is 0. The summed E-state index contributed by atoms with van der Waals surface area (Å²) in [5.41, 5.74) is 2.43. The lowest BCUT2D eigenvalue weighted by atomic mass is 10.1. The average Bonchev–Trinajstić information content (AvgIpc) is 2.60. The van der Waals surface area contributed by atoms with Crippen LogP contribution >= 0.6 is 0 Å². The lowest BCUT2D eigenvalue weighted by Crippen LogP contribution is -2.42. The maximum absolute atomic E-state index is 5.38. The van der Waals surface area contributed by atoms with E-state index in [1.807, 2.05) is 7.05 Å². The highest BCUT2D eigenvalue weighted by Gasteiger charge is 2.06. The van der Waals surface area contributed by atoms with Crippen molar-refractivity contribution in [2.24, 2.45) is 4.99 Å². The molecule has 0 aliphatic rings. The van der Waals surface area contributed by atoms with Crippen molar-refractivity contribution in [3.63, 3.8) is 0 Å². The molecule has 1 atom stereocenters. The molecule has 0 fully saturated rings. The molecule has 0 radical (unpaired) electrons. The molecule has 136 valence electrons. The number of nitrogens with zero attached hydrogens (tertiary/aromatic N) is 2. The van der Waals surface area contributed by atoms with Crippen LogP contribution in [0.1, 0.15) is 31.4 Å². The first-order valence-electron chi connectivity index (χ1n) is 8.80. The largest absolute Gasteiger partial charge is 0.496 e. The SMILES string of the molecule is CCC(C)N(C)CCNC(=NC)NCCc1ccc(C)c(OC)c1. The first kappa shape index (κ1) is 20.3. The molecule has 0 aliphatic heterocycles. The van der Waals surface area contributed by atoms with Crippen LogP contribution < -0.4 is 15.4 Å². The number of hydrogen-bond acceptors (Lipinski definition) is 3. The molecule has 2 N–H and O–H groups in total. The normalized spacial score (nSPS) is 13.0. The topological polar surface area (TPSA) is 48.9 Å². The summed E-state index contributed by atoms with van der Waals surface area (Å²) in [5, 5.41) is 6.74. The molecule has 0 aliphatic carbocycles. The number of ether oxygens (including phenoxy) is 1. The molecular formula is C19H34N4O. The smallest absolute Gasteiger partial charge is 0.191 e. The molecule has 24 heavy (non-hydrogen) atoms. The number of rotatable bonds is 9. The predicted molar refractivity (Wildman–Crippen MR) is 103 cm³/mol. The number of benzene rings is 1. The molecule has 0 saturated carbocycles. The summed E-state index contributed by atoms with van der Waals surface area (Å²) in [4.78, 5) is 6.64. The second kappa shape index (κ2) is 10.9. The Morgan fingerprint density at radius 2 is 2.00 bits per heavy atom. The molecule has 1 aromatic carbocycles. The Kier molecular flexibility index (Phi) is 9.23. The maximum Gasteiger partial charge on any atom is 0.191 e. The summed E-state index contributed by atoms with van der Waals surface area (Å²) in [7, 11) is 5.69. The zero-order chi connectivity index (χ0) is 17.9. The lowest BCUT2D eigenvalue weighted by molar-refractivity contribution is 0.255. The van der Waals surface area contributed by atoms with Gasteiger partial charge in [0.15, 0.2) is 5.96 Å². The third-order valence-corrected chi connectivity index (χ3v) is 4.50. The Hall–Kier alpha value is -1.75. The van der Waals surface area contributed by atoms with Crippen LogP contribution in [0.4, 0.5) is 0 Å². The number of guanidine groups is 1. The molecule has 0 bridgehead atoms. The van der Waals surface area contributed by atoms with E-state index in [1.165, 1.54) is 12.0 Å². The van der Waals surface area contributed by atoms with E-state index in [4.69, 9.17) is 4.74 Å². The van der Waals surface area contributed by atoms with Crippen molar-refractivity contribution >= 4 is 5.96 Å². The van der Waals surface area contributed by atoms with Crippen molar-refractivity contribution in [1.29, 1.82) is 0 Å². The highest BCUT2D eigenvalue weighted by atomic mass is 16.5. The first-order chi connectivity index (χ1) is 11.5. The second-order valence-corrected chi connectivity index (χ2v) is 6.22. The Bertz CT molecular complexity index is 516. The fourth-order valence-corrected chi connectivity index (χ4v) is 2.45. The van der Waals surface area contributed by atoms with Crippen LogP contribution in [0.3, 0.4) is 0 Å². The molecule has 0 saturated heterocycles. The van der Waals surface area contributed by atoms with Crippen LogP contribution in [-0.4, -0.2) is 57.7 Å². The van der Waals surface area contributed by atoms with Gasteiger partial charge in [-0.2, -0.15) is 0 Å². The minimum Gasteiger partial charge on any atom is -0.496 e. The van der Waals surface area contributed by atoms with Crippen molar-refractivity contribution in [3.8, 4) is 5.75 Å². The quantitative estimate of drug-likeness (QED) is 0.538. The van der Waals surface area contributed by atoms with E-state index < -0.39 is 0 Å². The zero-order valence-corrected chi connectivity index (χ0v) is 16.1. The molecule has 1 aromatic rings. The van der Waals surface area contributed by atoms with Gasteiger partial charge in [0, 0.05) is 32.7 Å². The lowest BCUT2D eigenvalue weighted by Gasteiger charge is -2.24. The third-order valence-electron chi connectivity index (χ3n) is 4.50. The molecule has 1 rings (SSSR count). The van der Waals surface area contributed by atoms with E-state index in [2.05, 4.69) is 66.5 Å². The summed E-state index contributed by atoms with van der Waals surface area (Å²) in [5.74, 6) is 1.80. The van der Waals surface area contributed by atoms with Crippen LogP contribution in [-0.2, 0) is 6.42 Å². The van der Waals surface area contributed by atoms with Crippen LogP contribution in [0.2, 0.25) is 0 Å². The van der Waals surface area contributed by atoms with E-state index >= 15 is 0 Å². The van der Waals surface area contributed by atoms with Crippen molar-refractivity contribution in [2.45, 2.75) is 39.7 Å². The zero-order valence-electron chi connectivity index (χ0n) is 16.1. The monoisotopic (exact) mass is 334 g/mol. The summed E-state index contributed by atoms with van der Waals surface area (Å²) in [6.07, 6.45) is 2.10. The van der Waals surface area contributed by atoms with Gasteiger partial charge in [-0.3, -0.25) is 4.99 Å². The third kappa shape index (κ3) is 6.79. The van der Waals surface area contributed by atoms with E-state index in [-0.39, 0.29) is 0 Å². The van der Waals surface area contributed by atoms with Crippen LogP contribution in [0, 0.1) is 6.92 Å². The summed E-state index contributed by atoms with van der Waals surface area (Å²) < 4.78 is 5.38. The van der Waals surface area contributed by atoms with Gasteiger partial charge in [-0.15, -0.1) is 0 Å². The van der Waals surface area contributed by atoms with Crippen molar-refractivity contribution in [2.75, 3.05) is 40.8 Å². The van der Waals surface area contributed by atoms with Gasteiger partial charge >= 0.3 is 0 Å². The predicted octanol–water partition coefficient (Wildman–Crippen LogP) is 2.44. The van der Waals surface area contributed by atoms with Gasteiger partial charge in [0.1, 0.15) is 5.75 Å². The van der Waals surface area contributed by atoms with E-state index in [0.29, 0.717) is 6.04 Å². The molecule has 5 nitrogen and oxygen atoms in total. The molecule has 0 aromatic heterocycles. The molecule has 5 heteroatoms. The van der Waals surface area contributed by atoms with Gasteiger partial charge in [-0.1, -0.05) is 19.1 Å². The van der Waals surface area contributed by atoms with E-state index in [0.717, 1.165) is 43.3 Å². The Balaban J connectivity index is 2.34.